The van der Waals surface area contributed by atoms with Crippen LogP contribution in [0.4, 0.5) is 0 Å². The number of aromatic nitrogens is 3. The van der Waals surface area contributed by atoms with Gasteiger partial charge in [-0.2, -0.15) is 0 Å². The first-order chi connectivity index (χ1) is 61.0. The number of rotatable bonds is 34. The van der Waals surface area contributed by atoms with Gasteiger partial charge in [0.1, 0.15) is 11.0 Å². The van der Waals surface area contributed by atoms with Crippen molar-refractivity contribution in [2.75, 3.05) is 33.0 Å². The first-order valence-electron chi connectivity index (χ1n) is 47.2. The Bertz CT molecular complexity index is 5120. The lowest BCUT2D eigenvalue weighted by Gasteiger charge is -2.40. The zero-order chi connectivity index (χ0) is 91.9. The number of aliphatic hydroxyl groups is 1. The van der Waals surface area contributed by atoms with Crippen molar-refractivity contribution in [1.82, 2.24) is 15.0 Å². The van der Waals surface area contributed by atoms with Gasteiger partial charge in [0.05, 0.1) is 66.5 Å². The van der Waals surface area contributed by atoms with Crippen LogP contribution in [-0.2, 0) is 67.7 Å². The fraction of sp³-hybridized carbons (Fsp3) is 0.500. The molecule has 1 N–H and O–H groups in total. The molecule has 3 aliphatic heterocycles. The van der Waals surface area contributed by atoms with Gasteiger partial charge >= 0.3 is 14.2 Å². The third kappa shape index (κ3) is 21.7. The number of halogens is 7. The molecule has 3 saturated heterocycles. The monoisotopic (exact) mass is 2180 g/mol. The molecule has 0 saturated carbocycles. The Morgan fingerprint density at radius 3 is 1.17 bits per heavy atom. The summed E-state index contributed by atoms with van der Waals surface area (Å²) >= 11 is 25.5. The summed E-state index contributed by atoms with van der Waals surface area (Å²) in [6.07, 6.45) is 25.8. The largest absolute Gasteiger partial charge is 0.494 e. The van der Waals surface area contributed by atoms with E-state index in [0.717, 1.165) is 148 Å². The Kier molecular flexibility index (Phi) is 33.8. The fourth-order valence-electron chi connectivity index (χ4n) is 19.0. The molecule has 16 rings (SSSR count). The first-order valence-corrected chi connectivity index (χ1v) is 52.7. The Morgan fingerprint density at radius 1 is 0.414 bits per heavy atom. The van der Waals surface area contributed by atoms with Gasteiger partial charge in [0.15, 0.2) is 0 Å². The second-order valence-corrected chi connectivity index (χ2v) is 46.1. The van der Waals surface area contributed by atoms with Crippen LogP contribution in [0.2, 0.25) is 0 Å². The number of nitrogens with zero attached hydrogens (tertiary/aromatic N) is 3. The van der Waals surface area contributed by atoms with Gasteiger partial charge in [0, 0.05) is 60.9 Å². The van der Waals surface area contributed by atoms with Crippen LogP contribution in [0.15, 0.2) is 189 Å². The lowest BCUT2D eigenvalue weighted by Crippen LogP contribution is -2.45. The number of ether oxygens (including phenoxy) is 3. The zero-order valence-electron chi connectivity index (χ0n) is 78.8. The van der Waals surface area contributed by atoms with Gasteiger partial charge in [-0.3, -0.25) is 0 Å². The van der Waals surface area contributed by atoms with Crippen molar-refractivity contribution in [3.05, 3.63) is 245 Å². The zero-order valence-corrected chi connectivity index (χ0v) is 89.9. The first kappa shape index (κ1) is 101. The number of benzene rings is 9. The van der Waals surface area contributed by atoms with Gasteiger partial charge in [0.2, 0.25) is 0 Å². The summed E-state index contributed by atoms with van der Waals surface area (Å²) in [7, 11) is -0.731. The van der Waals surface area contributed by atoms with Gasteiger partial charge in [-0.1, -0.05) is 311 Å². The highest BCUT2D eigenvalue weighted by Crippen LogP contribution is 2.64. The average molecular weight is 2180 g/mol. The molecule has 10 aromatic rings. The molecule has 0 bridgehead atoms. The van der Waals surface area contributed by atoms with E-state index in [9.17, 15) is 5.11 Å². The molecule has 0 amide bonds. The normalized spacial score (nSPS) is 16.9. The van der Waals surface area contributed by atoms with Crippen molar-refractivity contribution in [2.45, 2.75) is 310 Å². The minimum absolute atomic E-state index is 0.00898. The minimum Gasteiger partial charge on any atom is -0.399 e. The van der Waals surface area contributed by atoms with E-state index in [-0.39, 0.29) is 64.9 Å². The second-order valence-electron chi connectivity index (χ2n) is 39.8. The Hall–Kier alpha value is -4.45. The second kappa shape index (κ2) is 42.9. The van der Waals surface area contributed by atoms with Gasteiger partial charge in [-0.05, 0) is 316 Å². The highest BCUT2D eigenvalue weighted by atomic mass is 79.9. The van der Waals surface area contributed by atoms with Crippen molar-refractivity contribution in [3.63, 3.8) is 0 Å². The van der Waals surface area contributed by atoms with E-state index in [0.29, 0.717) is 12.0 Å². The van der Waals surface area contributed by atoms with E-state index in [1.807, 2.05) is 12.1 Å². The maximum Gasteiger partial charge on any atom is 0.494 e. The third-order valence-corrected chi connectivity index (χ3v) is 33.1. The van der Waals surface area contributed by atoms with E-state index in [4.69, 9.17) is 43.0 Å². The minimum atomic E-state index is -0.370. The maximum atomic E-state index is 10.4. The van der Waals surface area contributed by atoms with Crippen molar-refractivity contribution < 1.29 is 37.9 Å². The number of aliphatic hydroxyl groups excluding tert-OH is 1. The van der Waals surface area contributed by atoms with Crippen LogP contribution in [-0.4, -0.2) is 89.8 Å². The summed E-state index contributed by atoms with van der Waals surface area (Å²) in [6, 6.07) is 57.5. The lowest BCUT2D eigenvalue weighted by molar-refractivity contribution is -0.150. The summed E-state index contributed by atoms with van der Waals surface area (Å²) in [5.74, 6) is 0. The number of unbranched alkanes of at least 4 members (excludes halogenated alkanes) is 13. The molecule has 0 atom stereocenters. The van der Waals surface area contributed by atoms with Crippen molar-refractivity contribution in [2.24, 2.45) is 5.41 Å². The summed E-state index contributed by atoms with van der Waals surface area (Å²) in [5, 5.41) is 19.9. The van der Waals surface area contributed by atoms with Gasteiger partial charge in [0.25, 0.3) is 0 Å². The van der Waals surface area contributed by atoms with E-state index in [2.05, 4.69) is 375 Å². The molecule has 1 aromatic heterocycles. The summed E-state index contributed by atoms with van der Waals surface area (Å²) in [5.41, 5.74) is 23.8. The average Bonchev–Trinajstić information content (AvgIpc) is 1.50. The molecule has 1 spiro atoms. The topological polar surface area (TPSA) is 116 Å². The highest BCUT2D eigenvalue weighted by Gasteiger charge is 2.56. The lowest BCUT2D eigenvalue weighted by atomic mass is 9.67. The molecule has 3 fully saturated rings. The molecule has 9 aromatic carbocycles. The molecular formula is C108H134B2Br7N3O8. The highest BCUT2D eigenvalue weighted by molar-refractivity contribution is 9.11. The van der Waals surface area contributed by atoms with E-state index >= 15 is 0 Å². The van der Waals surface area contributed by atoms with Crippen LogP contribution in [0.3, 0.4) is 0 Å². The molecule has 0 unspecified atom stereocenters. The molecule has 4 heterocycles. The third-order valence-electron chi connectivity index (χ3n) is 29.3. The molecule has 128 heavy (non-hydrogen) atoms. The molecule has 6 aliphatic rings. The van der Waals surface area contributed by atoms with Crippen molar-refractivity contribution >= 4 is 148 Å². The van der Waals surface area contributed by atoms with Crippen LogP contribution < -0.4 is 10.9 Å². The fourth-order valence-corrected chi connectivity index (χ4v) is 21.5. The molecule has 3 aliphatic carbocycles. The summed E-state index contributed by atoms with van der Waals surface area (Å²) in [4.78, 5) is 1.68. The van der Waals surface area contributed by atoms with Crippen molar-refractivity contribution in [3.8, 4) is 39.1 Å². The molecular weight excluding hydrogens is 2050 g/mol. The van der Waals surface area contributed by atoms with Crippen molar-refractivity contribution in [1.29, 1.82) is 0 Å². The summed E-state index contributed by atoms with van der Waals surface area (Å²) in [6.45, 7) is 42.4. The molecule has 20 heteroatoms. The molecule has 11 nitrogen and oxygen atoms in total. The smallest absolute Gasteiger partial charge is 0.399 e. The quantitative estimate of drug-likeness (QED) is 0.0309. The standard InChI is InChI=1S/C41H64B2O4.C25H12Br4.C23H29Br2N3O.C19H29BrO3/c1-11-13-15-17-19-21-27-41(28-22-20-18-16-14-12-2)35-29-31(42-44-37(3,4)38(5,6)45-42)23-25-33(35)34-26-24-32(30-36(34)41)43-46-39(7,8)40(9,10)47-43;26-13-1-5-17-18-6-2-14(27)10-22(18)25(21(17)9-13)23-11-15(28)3-7-19(23)20-8-4-16(29)12-24(20)25;1-7-22(3,4)14-11-16(23(5,6)8-2)15(13-29)19(12-14)28-26-20-17(24)9-10-18(25)21(20)27-28;1-2-19(15-23-16-19)14-22-12-6-4-3-5-11-21-13-17-7-9-18(20)10-8-17/h23-26,29-30H,11-22,27-28H2,1-10H3;1-12H;9-12,29H,7-8,13H2,1-6H3;7-10H,2-6,11-16H2,1H3. The van der Waals surface area contributed by atoms with Crippen LogP contribution in [0.25, 0.3) is 50.1 Å². The predicted molar refractivity (Wildman–Crippen MR) is 557 cm³/mol. The molecule has 0 radical (unpaired) electrons. The Balaban J connectivity index is 0.000000151. The van der Waals surface area contributed by atoms with E-state index in [1.54, 1.807) is 4.80 Å². The Morgan fingerprint density at radius 2 is 0.789 bits per heavy atom. The number of fused-ring (bicyclic) bond motifs is 14. The predicted octanol–water partition coefficient (Wildman–Crippen LogP) is 30.9. The molecule has 684 valence electrons. The van der Waals surface area contributed by atoms with Gasteiger partial charge < -0.3 is 37.9 Å². The number of hydrogen-bond donors (Lipinski definition) is 1. The summed E-state index contributed by atoms with van der Waals surface area (Å²) < 4.78 is 50.5. The maximum absolute atomic E-state index is 10.4. The van der Waals surface area contributed by atoms with E-state index < -0.39 is 0 Å². The Labute approximate surface area is 825 Å². The number of hydrogen-bond acceptors (Lipinski definition) is 10. The van der Waals surface area contributed by atoms with Crippen LogP contribution in [0.1, 0.15) is 308 Å². The van der Waals surface area contributed by atoms with Crippen LogP contribution in [0, 0.1) is 5.41 Å². The van der Waals surface area contributed by atoms with Crippen LogP contribution >= 0.6 is 112 Å². The van der Waals surface area contributed by atoms with E-state index in [1.165, 1.54) is 168 Å². The van der Waals surface area contributed by atoms with Gasteiger partial charge in [-0.15, -0.1) is 15.0 Å². The SMILES string of the molecule is Brc1ccc2c(c1)C1(c3cc(Br)ccc3-2)c2cc(Br)ccc2-c2ccc(Br)cc21.CCC(C)(C)c1cc(-n2nc3c(Br)ccc(Br)c3n2)c(CO)c(C(C)(C)CC)c1.CCC1(COCCCCCCOCc2ccc(Br)cc2)COC1.CCCCCCCCC1(CCCCCCCC)c2cc(B3OC(C)(C)C(C)(C)O3)ccc2-c2ccc(B3OC(C)(C)C(C)(C)O3)cc21. The van der Waals surface area contributed by atoms with Crippen LogP contribution in [0.5, 0.6) is 0 Å². The van der Waals surface area contributed by atoms with Gasteiger partial charge in [-0.25, -0.2) is 0 Å².